The molecule has 0 atom stereocenters. The summed E-state index contributed by atoms with van der Waals surface area (Å²) < 4.78 is 17.5. The molecule has 1 amide bonds. The molecule has 0 saturated heterocycles. The molecule has 0 heterocycles. The average Bonchev–Trinajstić information content (AvgIpc) is 3.42. The number of halogens is 1. The molecule has 0 radical (unpaired) electrons. The van der Waals surface area contributed by atoms with Crippen LogP contribution in [-0.4, -0.2) is 42.4 Å². The Morgan fingerprint density at radius 3 is 2.41 bits per heavy atom. The van der Waals surface area contributed by atoms with Gasteiger partial charge in [-0.05, 0) is 73.9 Å². The van der Waals surface area contributed by atoms with Gasteiger partial charge in [0.2, 0.25) is 0 Å². The number of rotatable bonds is 9. The van der Waals surface area contributed by atoms with Crippen molar-refractivity contribution in [2.24, 2.45) is 0 Å². The van der Waals surface area contributed by atoms with Crippen molar-refractivity contribution in [1.29, 1.82) is 0 Å². The Labute approximate surface area is 174 Å². The summed E-state index contributed by atoms with van der Waals surface area (Å²) in [5.74, 6) is -0.420. The van der Waals surface area contributed by atoms with E-state index in [0.29, 0.717) is 12.8 Å². The molecule has 0 bridgehead atoms. The van der Waals surface area contributed by atoms with Gasteiger partial charge in [0.05, 0.1) is 12.2 Å². The Bertz CT molecular complexity index is 682. The molecule has 1 fully saturated rings. The van der Waals surface area contributed by atoms with Crippen LogP contribution in [0.2, 0.25) is 0 Å². The Balaban J connectivity index is 2.16. The second kappa shape index (κ2) is 9.05. The molecule has 1 aromatic rings. The molecule has 1 aliphatic carbocycles. The number of benzene rings is 1. The number of hydrogen-bond donors (Lipinski definition) is 0. The second-order valence-corrected chi connectivity index (χ2v) is 8.08. The van der Waals surface area contributed by atoms with Crippen LogP contribution in [0.3, 0.4) is 0 Å². The Kier molecular flexibility index (Phi) is 7.27. The predicted octanol–water partition coefficient (Wildman–Crippen LogP) is 4.22. The van der Waals surface area contributed by atoms with Crippen LogP contribution >= 0.6 is 22.6 Å². The number of esters is 1. The van der Waals surface area contributed by atoms with E-state index in [-0.39, 0.29) is 19.9 Å². The van der Waals surface area contributed by atoms with Crippen molar-refractivity contribution in [2.75, 3.05) is 19.9 Å². The van der Waals surface area contributed by atoms with Crippen LogP contribution < -0.4 is 0 Å². The molecule has 0 unspecified atom stereocenters. The maximum absolute atomic E-state index is 12.6. The van der Waals surface area contributed by atoms with Crippen molar-refractivity contribution in [3.8, 4) is 0 Å². The molecule has 2 rings (SSSR count). The topological polar surface area (TPSA) is 65.1 Å². The van der Waals surface area contributed by atoms with Gasteiger partial charge >= 0.3 is 12.1 Å². The maximum atomic E-state index is 12.6. The second-order valence-electron chi connectivity index (χ2n) is 6.84. The van der Waals surface area contributed by atoms with Crippen LogP contribution in [0.25, 0.3) is 0 Å². The van der Waals surface area contributed by atoms with E-state index in [1.54, 1.807) is 6.92 Å². The Morgan fingerprint density at radius 2 is 1.89 bits per heavy atom. The molecule has 7 heteroatoms. The lowest BCUT2D eigenvalue weighted by atomic mass is 9.98. The van der Waals surface area contributed by atoms with Crippen LogP contribution in [0.15, 0.2) is 36.9 Å². The summed E-state index contributed by atoms with van der Waals surface area (Å²) in [4.78, 5) is 26.3. The molecule has 1 aromatic carbocycles. The largest absolute Gasteiger partial charge is 0.464 e. The van der Waals surface area contributed by atoms with Crippen LogP contribution in [0.4, 0.5) is 4.79 Å². The number of carbonyl (C=O) groups excluding carboxylic acids is 2. The zero-order valence-electron chi connectivity index (χ0n) is 16.0. The third kappa shape index (κ3) is 5.22. The zero-order valence-corrected chi connectivity index (χ0v) is 18.2. The highest BCUT2D eigenvalue weighted by atomic mass is 127. The fraction of sp³-hybridized carbons (Fsp3) is 0.500. The van der Waals surface area contributed by atoms with Crippen molar-refractivity contribution in [3.63, 3.8) is 0 Å². The first-order valence-corrected chi connectivity index (χ1v) is 9.97. The summed E-state index contributed by atoms with van der Waals surface area (Å²) in [5, 5.41) is 0. The van der Waals surface area contributed by atoms with Crippen molar-refractivity contribution in [3.05, 3.63) is 46.1 Å². The molecular formula is C20H26INO5. The standard InChI is InChI=1S/C20H26INO5/c1-5-13-26-18(24)22(20(11-12-20)17(23)25-6-2)14-27-19(3,4)15-7-9-16(21)10-8-15/h5,7-10H,1,6,11-14H2,2-4H3. The van der Waals surface area contributed by atoms with E-state index in [1.165, 1.54) is 11.0 Å². The Hall–Kier alpha value is -1.61. The number of hydrogen-bond acceptors (Lipinski definition) is 5. The van der Waals surface area contributed by atoms with Gasteiger partial charge in [-0.15, -0.1) is 0 Å². The Morgan fingerprint density at radius 1 is 1.26 bits per heavy atom. The summed E-state index contributed by atoms with van der Waals surface area (Å²) in [6.45, 7) is 9.38. The molecule has 27 heavy (non-hydrogen) atoms. The van der Waals surface area contributed by atoms with Gasteiger partial charge in [0.25, 0.3) is 0 Å². The molecule has 1 aliphatic rings. The third-order valence-corrected chi connectivity index (χ3v) is 5.25. The van der Waals surface area contributed by atoms with Crippen LogP contribution in [0.5, 0.6) is 0 Å². The smallest absolute Gasteiger partial charge is 0.412 e. The summed E-state index contributed by atoms with van der Waals surface area (Å²) in [5.41, 5.74) is -0.675. The molecule has 0 aromatic heterocycles. The van der Waals surface area contributed by atoms with E-state index in [2.05, 4.69) is 29.2 Å². The normalized spacial score (nSPS) is 15.0. The highest BCUT2D eigenvalue weighted by Gasteiger charge is 2.59. The molecule has 0 aliphatic heterocycles. The van der Waals surface area contributed by atoms with Gasteiger partial charge in [-0.1, -0.05) is 24.8 Å². The van der Waals surface area contributed by atoms with E-state index in [4.69, 9.17) is 14.2 Å². The lowest BCUT2D eigenvalue weighted by molar-refractivity contribution is -0.156. The van der Waals surface area contributed by atoms with E-state index in [0.717, 1.165) is 9.13 Å². The van der Waals surface area contributed by atoms with E-state index in [1.807, 2.05) is 38.1 Å². The number of nitrogens with zero attached hydrogens (tertiary/aromatic N) is 1. The third-order valence-electron chi connectivity index (χ3n) is 4.53. The minimum atomic E-state index is -1.00. The molecule has 0 N–H and O–H groups in total. The summed E-state index contributed by atoms with van der Waals surface area (Å²) in [6.07, 6.45) is 1.93. The lowest BCUT2D eigenvalue weighted by Crippen LogP contribution is -2.50. The zero-order chi connectivity index (χ0) is 20.1. The quantitative estimate of drug-likeness (QED) is 0.226. The summed E-state index contributed by atoms with van der Waals surface area (Å²) in [7, 11) is 0. The van der Waals surface area contributed by atoms with Crippen LogP contribution in [-0.2, 0) is 24.6 Å². The van der Waals surface area contributed by atoms with E-state index in [9.17, 15) is 9.59 Å². The molecule has 6 nitrogen and oxygen atoms in total. The van der Waals surface area contributed by atoms with Gasteiger partial charge in [-0.25, -0.2) is 9.59 Å². The first-order chi connectivity index (χ1) is 12.8. The first kappa shape index (κ1) is 21.7. The van der Waals surface area contributed by atoms with Gasteiger partial charge in [0.15, 0.2) is 0 Å². The monoisotopic (exact) mass is 487 g/mol. The van der Waals surface area contributed by atoms with Crippen molar-refractivity contribution < 1.29 is 23.8 Å². The molecule has 0 spiro atoms. The van der Waals surface area contributed by atoms with Gasteiger partial charge < -0.3 is 14.2 Å². The van der Waals surface area contributed by atoms with E-state index < -0.39 is 23.2 Å². The van der Waals surface area contributed by atoms with Gasteiger partial charge in [-0.2, -0.15) is 0 Å². The molecule has 148 valence electrons. The van der Waals surface area contributed by atoms with Crippen LogP contribution in [0.1, 0.15) is 39.2 Å². The van der Waals surface area contributed by atoms with Gasteiger partial charge in [0, 0.05) is 3.57 Å². The SMILES string of the molecule is C=CCOC(=O)N(COC(C)(C)c1ccc(I)cc1)C1(C(=O)OCC)CC1. The number of ether oxygens (including phenoxy) is 3. The lowest BCUT2D eigenvalue weighted by Gasteiger charge is -2.33. The molecular weight excluding hydrogens is 461 g/mol. The van der Waals surface area contributed by atoms with Crippen molar-refractivity contribution >= 4 is 34.7 Å². The predicted molar refractivity (Wildman–Crippen MR) is 110 cm³/mol. The number of amides is 1. The fourth-order valence-electron chi connectivity index (χ4n) is 2.69. The summed E-state index contributed by atoms with van der Waals surface area (Å²) in [6, 6.07) is 7.97. The maximum Gasteiger partial charge on any atom is 0.412 e. The van der Waals surface area contributed by atoms with Crippen molar-refractivity contribution in [2.45, 2.75) is 44.8 Å². The van der Waals surface area contributed by atoms with Gasteiger partial charge in [0.1, 0.15) is 18.9 Å². The van der Waals surface area contributed by atoms with Crippen LogP contribution in [0, 0.1) is 3.57 Å². The first-order valence-electron chi connectivity index (χ1n) is 8.89. The average molecular weight is 487 g/mol. The highest BCUT2D eigenvalue weighted by Crippen LogP contribution is 2.44. The minimum Gasteiger partial charge on any atom is -0.464 e. The van der Waals surface area contributed by atoms with Crippen molar-refractivity contribution in [1.82, 2.24) is 4.90 Å². The molecule has 1 saturated carbocycles. The van der Waals surface area contributed by atoms with E-state index >= 15 is 0 Å². The highest BCUT2D eigenvalue weighted by molar-refractivity contribution is 14.1. The summed E-state index contributed by atoms with van der Waals surface area (Å²) >= 11 is 2.24. The minimum absolute atomic E-state index is 0.0642. The van der Waals surface area contributed by atoms with Gasteiger partial charge in [-0.3, -0.25) is 4.90 Å². The number of carbonyl (C=O) groups is 2. The fourth-order valence-corrected chi connectivity index (χ4v) is 3.05.